The number of nitro benzene ring substituents is 1. The number of nitrogens with one attached hydrogen (secondary N) is 1. The van der Waals surface area contributed by atoms with Crippen LogP contribution >= 0.6 is 0 Å². The molecule has 0 atom stereocenters. The molecule has 118 valence electrons. The summed E-state index contributed by atoms with van der Waals surface area (Å²) >= 11 is 0. The molecule has 0 spiro atoms. The van der Waals surface area contributed by atoms with E-state index in [4.69, 9.17) is 4.74 Å². The Labute approximate surface area is 132 Å². The summed E-state index contributed by atoms with van der Waals surface area (Å²) in [5.41, 5.74) is 3.72. The maximum atomic E-state index is 11.8. The summed E-state index contributed by atoms with van der Waals surface area (Å²) in [6, 6.07) is 13.1. The number of non-ortho nitro benzene ring substituents is 1. The second-order valence-corrected chi connectivity index (χ2v) is 4.67. The number of carbonyl (C=O) groups is 1. The van der Waals surface area contributed by atoms with Crippen molar-refractivity contribution in [2.24, 2.45) is 5.10 Å². The summed E-state index contributed by atoms with van der Waals surface area (Å²) in [6.45, 7) is 0. The molecule has 7 nitrogen and oxygen atoms in total. The second kappa shape index (κ2) is 7.69. The number of hydrogen-bond acceptors (Lipinski definition) is 5. The standard InChI is InChI=1S/C16H15N3O4/c1-23-15-7-5-12(6-8-15)10-16(20)18-17-11-13-3-2-4-14(9-13)19(21)22/h2-9,11H,10H2,1H3,(H,18,20). The summed E-state index contributed by atoms with van der Waals surface area (Å²) < 4.78 is 5.04. The topological polar surface area (TPSA) is 93.8 Å². The Hall–Kier alpha value is -3.22. The average Bonchev–Trinajstić information content (AvgIpc) is 2.56. The second-order valence-electron chi connectivity index (χ2n) is 4.67. The Morgan fingerprint density at radius 3 is 2.70 bits per heavy atom. The van der Waals surface area contributed by atoms with Crippen molar-refractivity contribution in [1.29, 1.82) is 0 Å². The van der Waals surface area contributed by atoms with Gasteiger partial charge in [-0.25, -0.2) is 5.43 Å². The Bertz CT molecular complexity index is 726. The van der Waals surface area contributed by atoms with Crippen LogP contribution in [0.15, 0.2) is 53.6 Å². The molecule has 0 aliphatic heterocycles. The molecule has 0 radical (unpaired) electrons. The van der Waals surface area contributed by atoms with E-state index in [2.05, 4.69) is 10.5 Å². The van der Waals surface area contributed by atoms with Gasteiger partial charge in [-0.1, -0.05) is 24.3 Å². The van der Waals surface area contributed by atoms with Crippen LogP contribution in [0.2, 0.25) is 0 Å². The number of hydrazone groups is 1. The van der Waals surface area contributed by atoms with Gasteiger partial charge in [-0.15, -0.1) is 0 Å². The summed E-state index contributed by atoms with van der Waals surface area (Å²) in [7, 11) is 1.57. The highest BCUT2D eigenvalue weighted by atomic mass is 16.6. The predicted octanol–water partition coefficient (Wildman–Crippen LogP) is 2.30. The molecular formula is C16H15N3O4. The third-order valence-corrected chi connectivity index (χ3v) is 3.01. The third kappa shape index (κ3) is 4.92. The maximum Gasteiger partial charge on any atom is 0.270 e. The molecule has 0 saturated carbocycles. The van der Waals surface area contributed by atoms with E-state index in [-0.39, 0.29) is 18.0 Å². The van der Waals surface area contributed by atoms with Gasteiger partial charge in [-0.2, -0.15) is 5.10 Å². The van der Waals surface area contributed by atoms with Crippen LogP contribution in [-0.4, -0.2) is 24.2 Å². The first-order valence-corrected chi connectivity index (χ1v) is 6.78. The zero-order valence-electron chi connectivity index (χ0n) is 12.4. The molecule has 0 saturated heterocycles. The Morgan fingerprint density at radius 2 is 2.04 bits per heavy atom. The van der Waals surface area contributed by atoms with Gasteiger partial charge in [0, 0.05) is 17.7 Å². The quantitative estimate of drug-likeness (QED) is 0.503. The zero-order chi connectivity index (χ0) is 16.7. The number of amides is 1. The van der Waals surface area contributed by atoms with Crippen molar-refractivity contribution in [2.75, 3.05) is 7.11 Å². The lowest BCUT2D eigenvalue weighted by Gasteiger charge is -2.02. The number of ether oxygens (including phenoxy) is 1. The van der Waals surface area contributed by atoms with Crippen molar-refractivity contribution in [3.8, 4) is 5.75 Å². The fourth-order valence-corrected chi connectivity index (χ4v) is 1.87. The Balaban J connectivity index is 1.90. The Kier molecular flexibility index (Phi) is 5.40. The van der Waals surface area contributed by atoms with E-state index in [0.717, 1.165) is 11.3 Å². The first-order valence-electron chi connectivity index (χ1n) is 6.78. The summed E-state index contributed by atoms with van der Waals surface area (Å²) in [6.07, 6.45) is 1.54. The van der Waals surface area contributed by atoms with Gasteiger partial charge in [-0.05, 0) is 17.7 Å². The highest BCUT2D eigenvalue weighted by molar-refractivity contribution is 5.83. The highest BCUT2D eigenvalue weighted by Gasteiger charge is 2.05. The van der Waals surface area contributed by atoms with Crippen molar-refractivity contribution in [2.45, 2.75) is 6.42 Å². The van der Waals surface area contributed by atoms with E-state index < -0.39 is 4.92 Å². The third-order valence-electron chi connectivity index (χ3n) is 3.01. The van der Waals surface area contributed by atoms with Gasteiger partial charge in [-0.3, -0.25) is 14.9 Å². The van der Waals surface area contributed by atoms with Crippen LogP contribution in [0.4, 0.5) is 5.69 Å². The molecule has 2 aromatic carbocycles. The number of carbonyl (C=O) groups excluding carboxylic acids is 1. The van der Waals surface area contributed by atoms with Crippen LogP contribution < -0.4 is 10.2 Å². The largest absolute Gasteiger partial charge is 0.497 e. The van der Waals surface area contributed by atoms with E-state index in [1.165, 1.54) is 18.3 Å². The molecule has 0 fully saturated rings. The van der Waals surface area contributed by atoms with Gasteiger partial charge >= 0.3 is 0 Å². The van der Waals surface area contributed by atoms with Crippen molar-refractivity contribution in [1.82, 2.24) is 5.43 Å². The van der Waals surface area contributed by atoms with Crippen LogP contribution in [0.3, 0.4) is 0 Å². The Morgan fingerprint density at radius 1 is 1.30 bits per heavy atom. The zero-order valence-corrected chi connectivity index (χ0v) is 12.4. The van der Waals surface area contributed by atoms with E-state index in [1.807, 2.05) is 0 Å². The minimum atomic E-state index is -0.487. The minimum Gasteiger partial charge on any atom is -0.497 e. The van der Waals surface area contributed by atoms with E-state index in [9.17, 15) is 14.9 Å². The van der Waals surface area contributed by atoms with Crippen molar-refractivity contribution < 1.29 is 14.5 Å². The molecule has 2 rings (SSSR count). The summed E-state index contributed by atoms with van der Waals surface area (Å²) in [5, 5.41) is 14.5. The van der Waals surface area contributed by atoms with Gasteiger partial charge in [0.2, 0.25) is 5.91 Å². The van der Waals surface area contributed by atoms with Gasteiger partial charge in [0.25, 0.3) is 5.69 Å². The fraction of sp³-hybridized carbons (Fsp3) is 0.125. The molecule has 0 unspecified atom stereocenters. The molecule has 1 N–H and O–H groups in total. The van der Waals surface area contributed by atoms with Crippen LogP contribution in [0.25, 0.3) is 0 Å². The molecular weight excluding hydrogens is 298 g/mol. The van der Waals surface area contributed by atoms with Crippen molar-refractivity contribution in [3.63, 3.8) is 0 Å². The van der Waals surface area contributed by atoms with Crippen molar-refractivity contribution in [3.05, 3.63) is 69.8 Å². The molecule has 1 amide bonds. The van der Waals surface area contributed by atoms with Gasteiger partial charge in [0.15, 0.2) is 0 Å². The van der Waals surface area contributed by atoms with Crippen LogP contribution in [0, 0.1) is 10.1 Å². The normalized spacial score (nSPS) is 10.5. The number of benzene rings is 2. The van der Waals surface area contributed by atoms with E-state index >= 15 is 0 Å². The summed E-state index contributed by atoms with van der Waals surface area (Å²) in [5.74, 6) is 0.440. The van der Waals surface area contributed by atoms with E-state index in [1.54, 1.807) is 43.5 Å². The van der Waals surface area contributed by atoms with Gasteiger partial charge in [0.1, 0.15) is 5.75 Å². The number of nitrogens with zero attached hydrogens (tertiary/aromatic N) is 2. The number of rotatable bonds is 6. The molecule has 7 heteroatoms. The molecule has 23 heavy (non-hydrogen) atoms. The lowest BCUT2D eigenvalue weighted by molar-refractivity contribution is -0.384. The first-order chi connectivity index (χ1) is 11.1. The summed E-state index contributed by atoms with van der Waals surface area (Å²) in [4.78, 5) is 21.9. The monoisotopic (exact) mass is 313 g/mol. The first kappa shape index (κ1) is 16.2. The van der Waals surface area contributed by atoms with Gasteiger partial charge in [0.05, 0.1) is 24.7 Å². The molecule has 0 heterocycles. The minimum absolute atomic E-state index is 0.0292. The number of methoxy groups -OCH3 is 1. The smallest absolute Gasteiger partial charge is 0.270 e. The van der Waals surface area contributed by atoms with Gasteiger partial charge < -0.3 is 4.74 Å². The van der Waals surface area contributed by atoms with Crippen molar-refractivity contribution >= 4 is 17.8 Å². The molecule has 0 bridgehead atoms. The lowest BCUT2D eigenvalue weighted by atomic mass is 10.1. The SMILES string of the molecule is COc1ccc(CC(=O)NN=Cc2cccc([N+](=O)[O-])c2)cc1. The van der Waals surface area contributed by atoms with E-state index in [0.29, 0.717) is 5.56 Å². The average molecular weight is 313 g/mol. The number of nitro groups is 1. The molecule has 0 aromatic heterocycles. The molecule has 0 aliphatic rings. The predicted molar refractivity (Wildman–Crippen MR) is 85.5 cm³/mol. The maximum absolute atomic E-state index is 11.8. The molecule has 0 aliphatic carbocycles. The van der Waals surface area contributed by atoms with Crippen LogP contribution in [0.1, 0.15) is 11.1 Å². The molecule has 2 aromatic rings. The van der Waals surface area contributed by atoms with Crippen LogP contribution in [-0.2, 0) is 11.2 Å². The fourth-order valence-electron chi connectivity index (χ4n) is 1.87. The van der Waals surface area contributed by atoms with Crippen LogP contribution in [0.5, 0.6) is 5.75 Å². The lowest BCUT2D eigenvalue weighted by Crippen LogP contribution is -2.19. The number of hydrogen-bond donors (Lipinski definition) is 1. The highest BCUT2D eigenvalue weighted by Crippen LogP contribution is 2.12.